The monoisotopic (exact) mass is 394 g/mol. The molecule has 0 bridgehead atoms. The number of H-pyrrole nitrogens is 1. The summed E-state index contributed by atoms with van der Waals surface area (Å²) in [6.07, 6.45) is 1.88. The van der Waals surface area contributed by atoms with Crippen LogP contribution in [-0.4, -0.2) is 44.9 Å². The first kappa shape index (κ1) is 18.2. The van der Waals surface area contributed by atoms with Gasteiger partial charge in [0.2, 0.25) is 5.75 Å². The number of hydrogen-bond donors (Lipinski definition) is 1. The molecule has 0 radical (unpaired) electrons. The van der Waals surface area contributed by atoms with Crippen LogP contribution in [0.15, 0.2) is 24.3 Å². The lowest BCUT2D eigenvalue weighted by atomic mass is 9.84. The summed E-state index contributed by atoms with van der Waals surface area (Å²) in [5.74, 6) is 3.07. The summed E-state index contributed by atoms with van der Waals surface area (Å²) in [6.45, 7) is 1.91. The second-order valence-electron chi connectivity index (χ2n) is 7.65. The Morgan fingerprint density at radius 1 is 0.966 bits per heavy atom. The molecular weight excluding hydrogens is 368 g/mol. The fourth-order valence-corrected chi connectivity index (χ4v) is 5.00. The summed E-state index contributed by atoms with van der Waals surface area (Å²) in [6, 6.07) is 8.60. The minimum Gasteiger partial charge on any atom is -0.497 e. The second kappa shape index (κ2) is 6.88. The molecule has 152 valence electrons. The number of aromatic amines is 1. The SMILES string of the molecule is COc1ccc2[nH]c3c(c2c1)C[C@H]1c2c(cc(OC)c(OC)c2OC)CCN1C3. The molecule has 3 heterocycles. The molecule has 2 aliphatic heterocycles. The molecule has 1 N–H and O–H groups in total. The molecule has 1 atom stereocenters. The maximum atomic E-state index is 5.86. The number of nitrogens with one attached hydrogen (secondary N) is 1. The van der Waals surface area contributed by atoms with E-state index in [2.05, 4.69) is 28.1 Å². The van der Waals surface area contributed by atoms with Crippen molar-refractivity contribution in [3.05, 3.63) is 46.6 Å². The van der Waals surface area contributed by atoms with E-state index < -0.39 is 0 Å². The number of benzene rings is 2. The van der Waals surface area contributed by atoms with Crippen LogP contribution in [0.4, 0.5) is 0 Å². The van der Waals surface area contributed by atoms with Crippen molar-refractivity contribution >= 4 is 10.9 Å². The Morgan fingerprint density at radius 2 is 1.79 bits per heavy atom. The summed E-state index contributed by atoms with van der Waals surface area (Å²) in [7, 11) is 6.76. The fraction of sp³-hybridized carbons (Fsp3) is 0.391. The van der Waals surface area contributed by atoms with Crippen molar-refractivity contribution in [3.8, 4) is 23.0 Å². The van der Waals surface area contributed by atoms with Crippen LogP contribution in [0.25, 0.3) is 10.9 Å². The normalized spacial score (nSPS) is 18.0. The average Bonchev–Trinajstić information content (AvgIpc) is 3.12. The summed E-state index contributed by atoms with van der Waals surface area (Å²) in [5.41, 5.74) is 6.33. The highest BCUT2D eigenvalue weighted by Crippen LogP contribution is 2.50. The second-order valence-corrected chi connectivity index (χ2v) is 7.65. The van der Waals surface area contributed by atoms with Crippen LogP contribution < -0.4 is 18.9 Å². The van der Waals surface area contributed by atoms with Gasteiger partial charge in [-0.3, -0.25) is 4.90 Å². The number of nitrogens with zero attached hydrogens (tertiary/aromatic N) is 1. The number of ether oxygens (including phenoxy) is 4. The summed E-state index contributed by atoms with van der Waals surface area (Å²) < 4.78 is 22.6. The van der Waals surface area contributed by atoms with E-state index in [1.165, 1.54) is 27.8 Å². The van der Waals surface area contributed by atoms with Crippen LogP contribution in [0.3, 0.4) is 0 Å². The molecule has 2 aliphatic rings. The molecule has 0 saturated heterocycles. The molecule has 1 aromatic heterocycles. The van der Waals surface area contributed by atoms with Gasteiger partial charge in [-0.1, -0.05) is 0 Å². The fourth-order valence-electron chi connectivity index (χ4n) is 5.00. The van der Waals surface area contributed by atoms with Crippen molar-refractivity contribution < 1.29 is 18.9 Å². The predicted octanol–water partition coefficient (Wildman–Crippen LogP) is 3.86. The van der Waals surface area contributed by atoms with Gasteiger partial charge < -0.3 is 23.9 Å². The highest BCUT2D eigenvalue weighted by molar-refractivity contribution is 5.86. The maximum absolute atomic E-state index is 5.86. The van der Waals surface area contributed by atoms with Crippen LogP contribution in [0, 0.1) is 0 Å². The van der Waals surface area contributed by atoms with Crippen molar-refractivity contribution in [2.75, 3.05) is 35.0 Å². The van der Waals surface area contributed by atoms with Gasteiger partial charge in [0, 0.05) is 41.3 Å². The van der Waals surface area contributed by atoms with Gasteiger partial charge in [0.25, 0.3) is 0 Å². The smallest absolute Gasteiger partial charge is 0.203 e. The molecule has 5 rings (SSSR count). The minimum absolute atomic E-state index is 0.242. The molecule has 0 amide bonds. The number of hydrogen-bond acceptors (Lipinski definition) is 5. The van der Waals surface area contributed by atoms with Gasteiger partial charge in [-0.05, 0) is 48.2 Å². The number of methoxy groups -OCH3 is 4. The lowest BCUT2D eigenvalue weighted by Gasteiger charge is -2.41. The average molecular weight is 394 g/mol. The molecule has 2 aromatic carbocycles. The van der Waals surface area contributed by atoms with E-state index in [9.17, 15) is 0 Å². The topological polar surface area (TPSA) is 56.0 Å². The zero-order chi connectivity index (χ0) is 20.1. The largest absolute Gasteiger partial charge is 0.497 e. The van der Waals surface area contributed by atoms with Crippen LogP contribution >= 0.6 is 0 Å². The van der Waals surface area contributed by atoms with E-state index in [1.54, 1.807) is 28.4 Å². The number of rotatable bonds is 4. The van der Waals surface area contributed by atoms with E-state index in [0.717, 1.165) is 48.7 Å². The van der Waals surface area contributed by atoms with Crippen LogP contribution in [0.5, 0.6) is 23.0 Å². The number of aromatic nitrogens is 1. The van der Waals surface area contributed by atoms with Crippen molar-refractivity contribution in [1.82, 2.24) is 9.88 Å². The van der Waals surface area contributed by atoms with E-state index in [0.29, 0.717) is 5.75 Å². The molecule has 0 saturated carbocycles. The predicted molar refractivity (Wildman–Crippen MR) is 112 cm³/mol. The first-order chi connectivity index (χ1) is 14.2. The van der Waals surface area contributed by atoms with Crippen molar-refractivity contribution in [3.63, 3.8) is 0 Å². The third-order valence-corrected chi connectivity index (χ3v) is 6.36. The molecule has 0 spiro atoms. The summed E-state index contributed by atoms with van der Waals surface area (Å²) >= 11 is 0. The van der Waals surface area contributed by atoms with Crippen molar-refractivity contribution in [2.45, 2.75) is 25.4 Å². The Kier molecular flexibility index (Phi) is 4.32. The Morgan fingerprint density at radius 3 is 2.52 bits per heavy atom. The van der Waals surface area contributed by atoms with Gasteiger partial charge >= 0.3 is 0 Å². The first-order valence-electron chi connectivity index (χ1n) is 9.91. The van der Waals surface area contributed by atoms with E-state index in [1.807, 2.05) is 6.07 Å². The molecular formula is C23H26N2O4. The van der Waals surface area contributed by atoms with E-state index in [-0.39, 0.29) is 6.04 Å². The lowest BCUT2D eigenvalue weighted by molar-refractivity contribution is 0.154. The van der Waals surface area contributed by atoms with Gasteiger partial charge in [-0.15, -0.1) is 0 Å². The molecule has 0 aliphatic carbocycles. The zero-order valence-electron chi connectivity index (χ0n) is 17.3. The molecule has 6 heteroatoms. The zero-order valence-corrected chi connectivity index (χ0v) is 17.3. The Hall–Kier alpha value is -2.86. The maximum Gasteiger partial charge on any atom is 0.203 e. The summed E-state index contributed by atoms with van der Waals surface area (Å²) in [5, 5.41) is 1.24. The highest BCUT2D eigenvalue weighted by atomic mass is 16.5. The van der Waals surface area contributed by atoms with Crippen LogP contribution in [-0.2, 0) is 19.4 Å². The lowest BCUT2D eigenvalue weighted by Crippen LogP contribution is -2.39. The summed E-state index contributed by atoms with van der Waals surface area (Å²) in [4.78, 5) is 6.15. The molecule has 6 nitrogen and oxygen atoms in total. The number of fused-ring (bicyclic) bond motifs is 6. The quantitative estimate of drug-likeness (QED) is 0.728. The van der Waals surface area contributed by atoms with Gasteiger partial charge in [0.05, 0.1) is 28.4 Å². The third-order valence-electron chi connectivity index (χ3n) is 6.36. The minimum atomic E-state index is 0.242. The molecule has 0 fully saturated rings. The van der Waals surface area contributed by atoms with Crippen LogP contribution in [0.2, 0.25) is 0 Å². The standard InChI is InChI=1S/C23H26N2O4/c1-26-14-5-6-17-15(10-14)16-11-19-21-13(7-8-25(19)12-18(16)24-17)9-20(27-2)22(28-3)23(21)29-4/h5-6,9-10,19,24H,7-8,11-12H2,1-4H3/t19-/m0/s1. The van der Waals surface area contributed by atoms with Crippen molar-refractivity contribution in [1.29, 1.82) is 0 Å². The highest BCUT2D eigenvalue weighted by Gasteiger charge is 2.37. The third kappa shape index (κ3) is 2.66. The van der Waals surface area contributed by atoms with E-state index in [4.69, 9.17) is 18.9 Å². The Balaban J connectivity index is 1.66. The Labute approximate surface area is 170 Å². The molecule has 29 heavy (non-hydrogen) atoms. The van der Waals surface area contributed by atoms with Gasteiger partial charge in [0.15, 0.2) is 11.5 Å². The van der Waals surface area contributed by atoms with Crippen molar-refractivity contribution in [2.24, 2.45) is 0 Å². The van der Waals surface area contributed by atoms with Gasteiger partial charge in [0.1, 0.15) is 5.75 Å². The van der Waals surface area contributed by atoms with Gasteiger partial charge in [-0.25, -0.2) is 0 Å². The van der Waals surface area contributed by atoms with E-state index >= 15 is 0 Å². The van der Waals surface area contributed by atoms with Crippen LogP contribution in [0.1, 0.15) is 28.4 Å². The molecule has 0 unspecified atom stereocenters. The Bertz CT molecular complexity index is 1090. The first-order valence-corrected chi connectivity index (χ1v) is 9.91. The molecule has 3 aromatic rings. The van der Waals surface area contributed by atoms with Gasteiger partial charge in [-0.2, -0.15) is 0 Å².